The molecular weight excluding hydrogens is 206 g/mol. The van der Waals surface area contributed by atoms with E-state index in [-0.39, 0.29) is 0 Å². The van der Waals surface area contributed by atoms with Gasteiger partial charge < -0.3 is 0 Å². The van der Waals surface area contributed by atoms with Gasteiger partial charge in [-0.15, -0.1) is 0 Å². The summed E-state index contributed by atoms with van der Waals surface area (Å²) in [4.78, 5) is 2.79. The zero-order valence-electron chi connectivity index (χ0n) is 10.8. The van der Waals surface area contributed by atoms with Gasteiger partial charge in [-0.25, -0.2) is 0 Å². The summed E-state index contributed by atoms with van der Waals surface area (Å²) in [6, 6.07) is 12.7. The van der Waals surface area contributed by atoms with Crippen LogP contribution in [0.15, 0.2) is 30.3 Å². The maximum Gasteiger partial charge on any atom is 0.0239 e. The molecule has 2 aliphatic heterocycles. The highest BCUT2D eigenvalue weighted by Gasteiger charge is 2.36. The normalized spacial score (nSPS) is 33.6. The molecule has 2 aliphatic rings. The van der Waals surface area contributed by atoms with Crippen LogP contribution in [0.5, 0.6) is 0 Å². The minimum absolute atomic E-state index is 0.859. The molecular formula is C16H23N. The largest absolute Gasteiger partial charge is 0.293 e. The first-order chi connectivity index (χ1) is 8.33. The third kappa shape index (κ3) is 2.40. The van der Waals surface area contributed by atoms with Crippen LogP contribution in [-0.2, 0) is 6.54 Å². The van der Waals surface area contributed by atoms with Gasteiger partial charge in [0, 0.05) is 18.6 Å². The summed E-state index contributed by atoms with van der Waals surface area (Å²) in [7, 11) is 0. The molecule has 0 radical (unpaired) electrons. The van der Waals surface area contributed by atoms with Crippen LogP contribution >= 0.6 is 0 Å². The van der Waals surface area contributed by atoms with Crippen LogP contribution < -0.4 is 0 Å². The number of nitrogens with zero attached hydrogens (tertiary/aromatic N) is 1. The predicted octanol–water partition coefficient (Wildman–Crippen LogP) is 3.84. The Morgan fingerprint density at radius 1 is 1.06 bits per heavy atom. The van der Waals surface area contributed by atoms with Crippen molar-refractivity contribution >= 4 is 0 Å². The summed E-state index contributed by atoms with van der Waals surface area (Å²) < 4.78 is 0. The Bertz CT molecular complexity index is 345. The predicted molar refractivity (Wildman–Crippen MR) is 71.8 cm³/mol. The summed E-state index contributed by atoms with van der Waals surface area (Å²) in [6.07, 6.45) is 7.14. The maximum atomic E-state index is 2.79. The van der Waals surface area contributed by atoms with Crippen LogP contribution in [0.4, 0.5) is 0 Å². The van der Waals surface area contributed by atoms with Crippen molar-refractivity contribution in [3.63, 3.8) is 0 Å². The molecule has 2 fully saturated rings. The highest BCUT2D eigenvalue weighted by atomic mass is 15.2. The highest BCUT2D eigenvalue weighted by molar-refractivity contribution is 5.15. The van der Waals surface area contributed by atoms with Crippen molar-refractivity contribution in [3.8, 4) is 0 Å². The van der Waals surface area contributed by atoms with Crippen molar-refractivity contribution in [1.82, 2.24) is 4.90 Å². The summed E-state index contributed by atoms with van der Waals surface area (Å²) >= 11 is 0. The van der Waals surface area contributed by atoms with Crippen molar-refractivity contribution in [2.24, 2.45) is 5.92 Å². The van der Waals surface area contributed by atoms with E-state index in [4.69, 9.17) is 0 Å². The second-order valence-corrected chi connectivity index (χ2v) is 5.97. The Balaban J connectivity index is 1.74. The molecule has 1 aromatic carbocycles. The van der Waals surface area contributed by atoms with Crippen molar-refractivity contribution in [2.45, 2.75) is 57.7 Å². The van der Waals surface area contributed by atoms with E-state index in [0.29, 0.717) is 0 Å². The highest BCUT2D eigenvalue weighted by Crippen LogP contribution is 2.37. The van der Waals surface area contributed by atoms with Gasteiger partial charge in [0.1, 0.15) is 0 Å². The first-order valence-corrected chi connectivity index (χ1v) is 7.12. The lowest BCUT2D eigenvalue weighted by Gasteiger charge is -2.48. The van der Waals surface area contributed by atoms with Crippen LogP contribution in [0.3, 0.4) is 0 Å². The van der Waals surface area contributed by atoms with Gasteiger partial charge in [-0.1, -0.05) is 43.7 Å². The van der Waals surface area contributed by atoms with Gasteiger partial charge in [-0.2, -0.15) is 0 Å². The molecule has 1 aromatic rings. The molecule has 1 nitrogen and oxygen atoms in total. The monoisotopic (exact) mass is 229 g/mol. The number of hydrogen-bond donors (Lipinski definition) is 0. The van der Waals surface area contributed by atoms with Crippen LogP contribution in [0.1, 0.15) is 44.6 Å². The second kappa shape index (κ2) is 4.81. The second-order valence-electron chi connectivity index (χ2n) is 5.97. The summed E-state index contributed by atoms with van der Waals surface area (Å²) in [6.45, 7) is 3.61. The molecule has 2 saturated heterocycles. The van der Waals surface area contributed by atoms with Crippen LogP contribution in [0.25, 0.3) is 0 Å². The zero-order chi connectivity index (χ0) is 11.7. The van der Waals surface area contributed by atoms with Crippen LogP contribution in [0, 0.1) is 5.92 Å². The Morgan fingerprint density at radius 3 is 2.35 bits per heavy atom. The summed E-state index contributed by atoms with van der Waals surface area (Å²) in [5, 5.41) is 0. The Kier molecular flexibility index (Phi) is 3.19. The lowest BCUT2D eigenvalue weighted by Crippen LogP contribution is -2.51. The molecule has 2 heterocycles. The minimum Gasteiger partial charge on any atom is -0.293 e. The van der Waals surface area contributed by atoms with Gasteiger partial charge in [0.2, 0.25) is 0 Å². The number of rotatable bonds is 2. The van der Waals surface area contributed by atoms with Crippen LogP contribution in [0.2, 0.25) is 0 Å². The average molecular weight is 229 g/mol. The van der Waals surface area contributed by atoms with E-state index in [1.165, 1.54) is 44.2 Å². The molecule has 17 heavy (non-hydrogen) atoms. The van der Waals surface area contributed by atoms with E-state index in [9.17, 15) is 0 Å². The fourth-order valence-corrected chi connectivity index (χ4v) is 3.80. The standard InChI is InChI=1S/C16H23N/c1-13-10-15-8-5-9-16(11-13)17(15)12-14-6-3-2-4-7-14/h2-4,6-7,13,15-16H,5,8-12H2,1H3/t13?,15-,16?/m0/s1. The van der Waals surface area contributed by atoms with Crippen molar-refractivity contribution < 1.29 is 0 Å². The third-order valence-electron chi connectivity index (χ3n) is 4.57. The third-order valence-corrected chi connectivity index (χ3v) is 4.57. The van der Waals surface area contributed by atoms with Crippen molar-refractivity contribution in [3.05, 3.63) is 35.9 Å². The van der Waals surface area contributed by atoms with Gasteiger partial charge in [-0.3, -0.25) is 4.90 Å². The van der Waals surface area contributed by atoms with Gasteiger partial charge >= 0.3 is 0 Å². The number of hydrogen-bond acceptors (Lipinski definition) is 1. The van der Waals surface area contributed by atoms with Crippen LogP contribution in [-0.4, -0.2) is 17.0 Å². The zero-order valence-corrected chi connectivity index (χ0v) is 10.8. The van der Waals surface area contributed by atoms with E-state index >= 15 is 0 Å². The molecule has 1 heteroatoms. The minimum atomic E-state index is 0.859. The van der Waals surface area contributed by atoms with Crippen molar-refractivity contribution in [1.29, 1.82) is 0 Å². The first-order valence-electron chi connectivity index (χ1n) is 7.12. The molecule has 0 saturated carbocycles. The molecule has 0 spiro atoms. The topological polar surface area (TPSA) is 3.24 Å². The molecule has 0 amide bonds. The Hall–Kier alpha value is -0.820. The molecule has 0 aromatic heterocycles. The lowest BCUT2D eigenvalue weighted by molar-refractivity contribution is 0.0110. The Labute approximate surface area is 105 Å². The van der Waals surface area contributed by atoms with Gasteiger partial charge in [0.05, 0.1) is 0 Å². The smallest absolute Gasteiger partial charge is 0.0239 e. The molecule has 92 valence electrons. The van der Waals surface area contributed by atoms with Gasteiger partial charge in [0.25, 0.3) is 0 Å². The number of benzene rings is 1. The SMILES string of the molecule is CC1CC2CCC[C@@H](C1)N2Cc1ccccc1. The summed E-state index contributed by atoms with van der Waals surface area (Å²) in [5.41, 5.74) is 1.49. The molecule has 0 N–H and O–H groups in total. The van der Waals surface area contributed by atoms with Crippen molar-refractivity contribution in [2.75, 3.05) is 0 Å². The molecule has 2 bridgehead atoms. The molecule has 3 rings (SSSR count). The first kappa shape index (κ1) is 11.3. The molecule has 0 aliphatic carbocycles. The Morgan fingerprint density at radius 2 is 1.71 bits per heavy atom. The molecule has 2 unspecified atom stereocenters. The lowest BCUT2D eigenvalue weighted by atomic mass is 9.79. The van der Waals surface area contributed by atoms with E-state index in [0.717, 1.165) is 18.0 Å². The number of piperidine rings is 2. The number of fused-ring (bicyclic) bond motifs is 2. The maximum absolute atomic E-state index is 2.79. The van der Waals surface area contributed by atoms with E-state index in [1.54, 1.807) is 0 Å². The van der Waals surface area contributed by atoms with E-state index in [1.807, 2.05) is 0 Å². The van der Waals surface area contributed by atoms with Gasteiger partial charge in [0.15, 0.2) is 0 Å². The fraction of sp³-hybridized carbons (Fsp3) is 0.625. The average Bonchev–Trinajstić information content (AvgIpc) is 2.32. The summed E-state index contributed by atoms with van der Waals surface area (Å²) in [5.74, 6) is 0.942. The molecule has 3 atom stereocenters. The quantitative estimate of drug-likeness (QED) is 0.745. The van der Waals surface area contributed by atoms with E-state index < -0.39 is 0 Å². The van der Waals surface area contributed by atoms with E-state index in [2.05, 4.69) is 42.2 Å². The fourth-order valence-electron chi connectivity index (χ4n) is 3.80. The van der Waals surface area contributed by atoms with Gasteiger partial charge in [-0.05, 0) is 37.2 Å².